The first-order chi connectivity index (χ1) is 11.8. The van der Waals surface area contributed by atoms with Crippen LogP contribution in [0.1, 0.15) is 6.92 Å². The molecule has 11 heteroatoms. The van der Waals surface area contributed by atoms with Gasteiger partial charge in [0.15, 0.2) is 25.2 Å². The molecule has 0 spiro atoms. The van der Waals surface area contributed by atoms with E-state index >= 15 is 0 Å². The molecule has 0 saturated carbocycles. The lowest BCUT2D eigenvalue weighted by Gasteiger charge is -2.45. The van der Waals surface area contributed by atoms with Gasteiger partial charge < -0.3 is 54.0 Å². The van der Waals surface area contributed by atoms with Crippen molar-refractivity contribution < 1.29 is 54.0 Å². The molecular weight excluding hydrogens is 344 g/mol. The monoisotopic (exact) mass is 370 g/mol. The molecule has 0 aromatic heterocycles. The molecule has 2 saturated heterocycles. The molecule has 0 radical (unpaired) electrons. The molecule has 2 rings (SSSR count). The van der Waals surface area contributed by atoms with Crippen molar-refractivity contribution >= 4 is 0 Å². The number of aliphatic hydroxyl groups excluding tert-OH is 5. The summed E-state index contributed by atoms with van der Waals surface area (Å²) in [6.07, 6.45) is -13.9. The highest BCUT2D eigenvalue weighted by atomic mass is 16.8. The fourth-order valence-electron chi connectivity index (χ4n) is 2.72. The summed E-state index contributed by atoms with van der Waals surface area (Å²) < 4.78 is 31.3. The molecule has 11 nitrogen and oxygen atoms in total. The van der Waals surface area contributed by atoms with E-state index in [1.165, 1.54) is 14.2 Å². The van der Waals surface area contributed by atoms with Gasteiger partial charge in [0.05, 0.1) is 0 Å². The summed E-state index contributed by atoms with van der Waals surface area (Å²) in [5, 5.41) is 50.0. The van der Waals surface area contributed by atoms with Crippen LogP contribution in [-0.4, -0.2) is 108 Å². The molecule has 2 aliphatic heterocycles. The zero-order valence-corrected chi connectivity index (χ0v) is 14.2. The summed E-state index contributed by atoms with van der Waals surface area (Å²) in [6.45, 7) is 1.93. The van der Waals surface area contributed by atoms with Gasteiger partial charge in [-0.1, -0.05) is 0 Å². The van der Waals surface area contributed by atoms with Crippen LogP contribution >= 0.6 is 0 Å². The molecule has 0 bridgehead atoms. The maximum absolute atomic E-state index is 10.3. The number of rotatable bonds is 6. The summed E-state index contributed by atoms with van der Waals surface area (Å²) in [4.78, 5) is 0. The lowest BCUT2D eigenvalue weighted by Crippen LogP contribution is -2.64. The van der Waals surface area contributed by atoms with Crippen LogP contribution in [0.25, 0.3) is 0 Å². The first-order valence-electron chi connectivity index (χ1n) is 7.89. The van der Waals surface area contributed by atoms with E-state index in [9.17, 15) is 25.5 Å². The standard InChI is InChI=1S/C14H26O11/c1-4-22-12-9(19)6(16)10(14(21-3)25-12)23-13-8(18)5(15)7(17)11(20-2)24-13/h5-19H,4H2,1-3H3/t5-,6+,7?,8?,9?,10?,11-,12+,13?,14-/m0/s1. The molecule has 0 aromatic carbocycles. The van der Waals surface area contributed by atoms with E-state index in [1.54, 1.807) is 6.92 Å². The van der Waals surface area contributed by atoms with E-state index in [2.05, 4.69) is 0 Å². The molecule has 148 valence electrons. The predicted molar refractivity (Wildman–Crippen MR) is 77.9 cm³/mol. The Bertz CT molecular complexity index is 406. The van der Waals surface area contributed by atoms with Gasteiger partial charge in [0, 0.05) is 20.8 Å². The topological polar surface area (TPSA) is 157 Å². The average molecular weight is 370 g/mol. The molecule has 0 amide bonds. The average Bonchev–Trinajstić information content (AvgIpc) is 2.61. The summed E-state index contributed by atoms with van der Waals surface area (Å²) in [7, 11) is 2.53. The van der Waals surface area contributed by atoms with Gasteiger partial charge >= 0.3 is 0 Å². The van der Waals surface area contributed by atoms with Crippen LogP contribution in [0, 0.1) is 0 Å². The van der Waals surface area contributed by atoms with Gasteiger partial charge in [-0.3, -0.25) is 0 Å². The quantitative estimate of drug-likeness (QED) is 0.322. The Hall–Kier alpha value is -0.440. The molecule has 0 aromatic rings. The summed E-state index contributed by atoms with van der Waals surface area (Å²) >= 11 is 0. The summed E-state index contributed by atoms with van der Waals surface area (Å²) in [5.41, 5.74) is 0. The van der Waals surface area contributed by atoms with Crippen LogP contribution in [0.3, 0.4) is 0 Å². The fourth-order valence-corrected chi connectivity index (χ4v) is 2.72. The molecule has 5 unspecified atom stereocenters. The van der Waals surface area contributed by atoms with Crippen molar-refractivity contribution in [3.63, 3.8) is 0 Å². The van der Waals surface area contributed by atoms with Crippen molar-refractivity contribution in [2.75, 3.05) is 20.8 Å². The van der Waals surface area contributed by atoms with Gasteiger partial charge in [0.1, 0.15) is 36.6 Å². The summed E-state index contributed by atoms with van der Waals surface area (Å²) in [5.74, 6) is 0. The lowest BCUT2D eigenvalue weighted by molar-refractivity contribution is -0.399. The number of ether oxygens (including phenoxy) is 6. The SMILES string of the molecule is CCO[C@@H]1O[C@H](OC)C(OC2O[C@H](OC)C(O)[C@H](O)C2O)[C@H](O)C1O. The first kappa shape index (κ1) is 20.9. The summed E-state index contributed by atoms with van der Waals surface area (Å²) in [6, 6.07) is 0. The number of hydrogen-bond acceptors (Lipinski definition) is 11. The Labute approximate surface area is 144 Å². The molecule has 0 aliphatic carbocycles. The van der Waals surface area contributed by atoms with E-state index in [4.69, 9.17) is 28.4 Å². The minimum Gasteiger partial charge on any atom is -0.387 e. The normalized spacial score (nSPS) is 48.5. The Morgan fingerprint density at radius 1 is 0.680 bits per heavy atom. The van der Waals surface area contributed by atoms with Crippen molar-refractivity contribution in [2.24, 2.45) is 0 Å². The number of methoxy groups -OCH3 is 2. The third kappa shape index (κ3) is 4.28. The largest absolute Gasteiger partial charge is 0.387 e. The van der Waals surface area contributed by atoms with Crippen molar-refractivity contribution in [1.82, 2.24) is 0 Å². The second-order valence-electron chi connectivity index (χ2n) is 5.73. The van der Waals surface area contributed by atoms with Crippen LogP contribution in [0.4, 0.5) is 0 Å². The lowest BCUT2D eigenvalue weighted by atomic mass is 10.0. The second-order valence-corrected chi connectivity index (χ2v) is 5.73. The molecule has 2 aliphatic rings. The third-order valence-electron chi connectivity index (χ3n) is 4.11. The van der Waals surface area contributed by atoms with Gasteiger partial charge in [0.25, 0.3) is 0 Å². The minimum atomic E-state index is -1.63. The van der Waals surface area contributed by atoms with E-state index in [0.29, 0.717) is 0 Å². The number of hydrogen-bond donors (Lipinski definition) is 5. The van der Waals surface area contributed by atoms with E-state index in [0.717, 1.165) is 0 Å². The molecule has 5 N–H and O–H groups in total. The molecular formula is C14H26O11. The van der Waals surface area contributed by atoms with Crippen molar-refractivity contribution in [2.45, 2.75) is 68.7 Å². The molecule has 10 atom stereocenters. The van der Waals surface area contributed by atoms with Crippen LogP contribution in [0.15, 0.2) is 0 Å². The Balaban J connectivity index is 2.11. The highest BCUT2D eigenvalue weighted by molar-refractivity contribution is 4.90. The van der Waals surface area contributed by atoms with Crippen LogP contribution in [0.2, 0.25) is 0 Å². The van der Waals surface area contributed by atoms with Gasteiger partial charge in [-0.2, -0.15) is 0 Å². The van der Waals surface area contributed by atoms with E-state index in [1.807, 2.05) is 0 Å². The zero-order valence-electron chi connectivity index (χ0n) is 14.2. The molecule has 2 fully saturated rings. The first-order valence-corrected chi connectivity index (χ1v) is 7.89. The smallest absolute Gasteiger partial charge is 0.189 e. The van der Waals surface area contributed by atoms with Gasteiger partial charge in [0.2, 0.25) is 0 Å². The minimum absolute atomic E-state index is 0.237. The van der Waals surface area contributed by atoms with Crippen LogP contribution < -0.4 is 0 Å². The predicted octanol–water partition coefficient (Wildman–Crippen LogP) is -3.13. The van der Waals surface area contributed by atoms with Crippen molar-refractivity contribution in [3.8, 4) is 0 Å². The Morgan fingerprint density at radius 3 is 1.76 bits per heavy atom. The Morgan fingerprint density at radius 2 is 1.20 bits per heavy atom. The molecule has 2 heterocycles. The third-order valence-corrected chi connectivity index (χ3v) is 4.11. The zero-order chi connectivity index (χ0) is 18.7. The van der Waals surface area contributed by atoms with Crippen molar-refractivity contribution in [3.05, 3.63) is 0 Å². The molecule has 25 heavy (non-hydrogen) atoms. The van der Waals surface area contributed by atoms with E-state index < -0.39 is 61.8 Å². The fraction of sp³-hybridized carbons (Fsp3) is 1.00. The van der Waals surface area contributed by atoms with E-state index in [-0.39, 0.29) is 6.61 Å². The van der Waals surface area contributed by atoms with Gasteiger partial charge in [-0.05, 0) is 6.92 Å². The van der Waals surface area contributed by atoms with Crippen LogP contribution in [-0.2, 0) is 28.4 Å². The Kier molecular flexibility index (Phi) is 7.49. The highest BCUT2D eigenvalue weighted by Gasteiger charge is 2.51. The highest BCUT2D eigenvalue weighted by Crippen LogP contribution is 2.29. The number of aliphatic hydroxyl groups is 5. The maximum Gasteiger partial charge on any atom is 0.189 e. The van der Waals surface area contributed by atoms with Gasteiger partial charge in [-0.15, -0.1) is 0 Å². The maximum atomic E-state index is 10.3. The van der Waals surface area contributed by atoms with Gasteiger partial charge in [-0.25, -0.2) is 0 Å². The second kappa shape index (κ2) is 8.97. The van der Waals surface area contributed by atoms with Crippen LogP contribution in [0.5, 0.6) is 0 Å². The van der Waals surface area contributed by atoms with Crippen molar-refractivity contribution in [1.29, 1.82) is 0 Å².